The molecular weight excluding hydrogens is 386 g/mol. The maximum atomic E-state index is 12.3. The highest BCUT2D eigenvalue weighted by Gasteiger charge is 2.23. The van der Waals surface area contributed by atoms with Gasteiger partial charge in [0.1, 0.15) is 0 Å². The highest BCUT2D eigenvalue weighted by atomic mass is 32.2. The summed E-state index contributed by atoms with van der Waals surface area (Å²) in [5.41, 5.74) is 1.20. The molecule has 0 bridgehead atoms. The van der Waals surface area contributed by atoms with Crippen molar-refractivity contribution in [3.05, 3.63) is 66.2 Å². The van der Waals surface area contributed by atoms with Crippen LogP contribution in [-0.4, -0.2) is 51.3 Å². The average molecular weight is 416 g/mol. The molecule has 0 saturated carbocycles. The lowest BCUT2D eigenvalue weighted by atomic mass is 10.1. The van der Waals surface area contributed by atoms with Gasteiger partial charge >= 0.3 is 6.03 Å². The normalized spacial score (nSPS) is 15.7. The zero-order chi connectivity index (χ0) is 20.5. The first-order valence-corrected chi connectivity index (χ1v) is 11.8. The van der Waals surface area contributed by atoms with Crippen LogP contribution < -0.4 is 10.6 Å². The Hall–Kier alpha value is -2.38. The highest BCUT2D eigenvalue weighted by molar-refractivity contribution is 7.91. The van der Waals surface area contributed by atoms with Crippen molar-refractivity contribution in [1.29, 1.82) is 0 Å². The van der Waals surface area contributed by atoms with E-state index in [1.54, 1.807) is 30.3 Å². The largest absolute Gasteiger partial charge is 0.338 e. The van der Waals surface area contributed by atoms with Crippen molar-refractivity contribution < 1.29 is 13.2 Å². The Labute approximate surface area is 173 Å². The van der Waals surface area contributed by atoms with E-state index in [0.29, 0.717) is 24.4 Å². The first kappa shape index (κ1) is 21.3. The zero-order valence-electron chi connectivity index (χ0n) is 16.6. The maximum Gasteiger partial charge on any atom is 0.314 e. The van der Waals surface area contributed by atoms with Crippen LogP contribution in [0.4, 0.5) is 4.79 Å². The second kappa shape index (κ2) is 10.4. The van der Waals surface area contributed by atoms with Gasteiger partial charge in [-0.2, -0.15) is 0 Å². The number of rotatable bonds is 9. The van der Waals surface area contributed by atoms with E-state index in [1.807, 2.05) is 18.2 Å². The minimum absolute atomic E-state index is 0.0116. The Morgan fingerprint density at radius 2 is 1.55 bits per heavy atom. The van der Waals surface area contributed by atoms with Crippen LogP contribution in [0.2, 0.25) is 0 Å². The van der Waals surface area contributed by atoms with Crippen molar-refractivity contribution in [2.75, 3.05) is 31.9 Å². The molecule has 2 aromatic rings. The van der Waals surface area contributed by atoms with E-state index in [9.17, 15) is 13.2 Å². The number of likely N-dealkylation sites (tertiary alicyclic amines) is 1. The van der Waals surface area contributed by atoms with Gasteiger partial charge in [-0.1, -0.05) is 48.5 Å². The van der Waals surface area contributed by atoms with Gasteiger partial charge in [0.15, 0.2) is 9.84 Å². The predicted octanol–water partition coefficient (Wildman–Crippen LogP) is 2.99. The minimum Gasteiger partial charge on any atom is -0.338 e. The highest BCUT2D eigenvalue weighted by Crippen LogP contribution is 2.24. The fourth-order valence-electron chi connectivity index (χ4n) is 3.65. The smallest absolute Gasteiger partial charge is 0.314 e. The van der Waals surface area contributed by atoms with Crippen LogP contribution in [0, 0.1) is 0 Å². The minimum atomic E-state index is -3.31. The van der Waals surface area contributed by atoms with E-state index in [4.69, 9.17) is 0 Å². The van der Waals surface area contributed by atoms with Crippen LogP contribution >= 0.6 is 0 Å². The second-order valence-electron chi connectivity index (χ2n) is 7.29. The van der Waals surface area contributed by atoms with Crippen molar-refractivity contribution in [1.82, 2.24) is 15.5 Å². The maximum absolute atomic E-state index is 12.3. The Balaban J connectivity index is 1.44. The molecule has 1 fully saturated rings. The van der Waals surface area contributed by atoms with Crippen LogP contribution in [0.25, 0.3) is 0 Å². The molecule has 2 N–H and O–H groups in total. The van der Waals surface area contributed by atoms with E-state index in [0.717, 1.165) is 13.1 Å². The van der Waals surface area contributed by atoms with Crippen LogP contribution in [0.5, 0.6) is 0 Å². The van der Waals surface area contributed by atoms with Gasteiger partial charge in [0, 0.05) is 13.1 Å². The summed E-state index contributed by atoms with van der Waals surface area (Å²) in [5.74, 6) is 0.0116. The summed E-state index contributed by atoms with van der Waals surface area (Å²) in [6, 6.07) is 18.5. The van der Waals surface area contributed by atoms with Crippen LogP contribution in [-0.2, 0) is 9.84 Å². The molecule has 7 heteroatoms. The van der Waals surface area contributed by atoms with Gasteiger partial charge in [0.25, 0.3) is 0 Å². The van der Waals surface area contributed by atoms with Crippen molar-refractivity contribution in [3.8, 4) is 0 Å². The topological polar surface area (TPSA) is 78.5 Å². The molecular formula is C22H29N3O3S. The predicted molar refractivity (Wildman–Crippen MR) is 115 cm³/mol. The number of carbonyl (C=O) groups excluding carboxylic acids is 1. The van der Waals surface area contributed by atoms with Gasteiger partial charge in [0.05, 0.1) is 16.7 Å². The van der Waals surface area contributed by atoms with Crippen molar-refractivity contribution in [2.24, 2.45) is 0 Å². The first-order chi connectivity index (χ1) is 14.1. The van der Waals surface area contributed by atoms with Crippen LogP contribution in [0.3, 0.4) is 0 Å². The van der Waals surface area contributed by atoms with Crippen LogP contribution in [0.15, 0.2) is 65.6 Å². The molecule has 1 saturated heterocycles. The van der Waals surface area contributed by atoms with E-state index in [1.165, 1.54) is 18.4 Å². The average Bonchev–Trinajstić information content (AvgIpc) is 3.27. The number of hydrogen-bond acceptors (Lipinski definition) is 4. The monoisotopic (exact) mass is 415 g/mol. The van der Waals surface area contributed by atoms with E-state index >= 15 is 0 Å². The fraction of sp³-hybridized carbons (Fsp3) is 0.409. The number of benzene rings is 2. The molecule has 0 aromatic heterocycles. The van der Waals surface area contributed by atoms with Gasteiger partial charge in [-0.3, -0.25) is 4.90 Å². The summed E-state index contributed by atoms with van der Waals surface area (Å²) in [4.78, 5) is 14.9. The lowest BCUT2D eigenvalue weighted by Gasteiger charge is -2.28. The molecule has 2 aromatic carbocycles. The molecule has 1 heterocycles. The third-order valence-corrected chi connectivity index (χ3v) is 7.02. The number of nitrogens with zero attached hydrogens (tertiary/aromatic N) is 1. The van der Waals surface area contributed by atoms with Crippen LogP contribution in [0.1, 0.15) is 30.9 Å². The van der Waals surface area contributed by atoms with Crippen molar-refractivity contribution in [2.45, 2.75) is 30.2 Å². The molecule has 29 heavy (non-hydrogen) atoms. The third-order valence-electron chi connectivity index (χ3n) is 5.20. The molecule has 1 unspecified atom stereocenters. The van der Waals surface area contributed by atoms with E-state index in [-0.39, 0.29) is 17.8 Å². The number of sulfone groups is 1. The Bertz CT molecular complexity index is 867. The molecule has 156 valence electrons. The standard InChI is InChI=1S/C22H29N3O3S/c26-22(23-14-9-17-29(27,28)20-12-5-2-6-13-20)24-18-21(25-15-7-8-16-25)19-10-3-1-4-11-19/h1-6,10-13,21H,7-9,14-18H2,(H2,23,24,26). The second-order valence-corrected chi connectivity index (χ2v) is 9.40. The number of nitrogens with one attached hydrogen (secondary N) is 2. The Kier molecular flexibility index (Phi) is 7.66. The first-order valence-electron chi connectivity index (χ1n) is 10.1. The fourth-order valence-corrected chi connectivity index (χ4v) is 4.98. The van der Waals surface area contributed by atoms with Gasteiger partial charge in [-0.15, -0.1) is 0 Å². The molecule has 0 aliphatic carbocycles. The molecule has 0 radical (unpaired) electrons. The molecule has 1 aliphatic heterocycles. The van der Waals surface area contributed by atoms with Gasteiger partial charge in [-0.25, -0.2) is 13.2 Å². The lowest BCUT2D eigenvalue weighted by Crippen LogP contribution is -2.42. The summed E-state index contributed by atoms with van der Waals surface area (Å²) in [5, 5.41) is 5.72. The summed E-state index contributed by atoms with van der Waals surface area (Å²) >= 11 is 0. The summed E-state index contributed by atoms with van der Waals surface area (Å²) in [6.07, 6.45) is 2.75. The van der Waals surface area contributed by atoms with Crippen molar-refractivity contribution >= 4 is 15.9 Å². The third kappa shape index (κ3) is 6.30. The molecule has 1 atom stereocenters. The SMILES string of the molecule is O=C(NCCCS(=O)(=O)c1ccccc1)NCC(c1ccccc1)N1CCCC1. The summed E-state index contributed by atoms with van der Waals surface area (Å²) < 4.78 is 24.5. The number of carbonyl (C=O) groups is 1. The summed E-state index contributed by atoms with van der Waals surface area (Å²) in [7, 11) is -3.31. The van der Waals surface area contributed by atoms with Crippen molar-refractivity contribution in [3.63, 3.8) is 0 Å². The Morgan fingerprint density at radius 3 is 2.21 bits per heavy atom. The van der Waals surface area contributed by atoms with E-state index < -0.39 is 9.84 Å². The Morgan fingerprint density at radius 1 is 0.931 bits per heavy atom. The number of amides is 2. The zero-order valence-corrected chi connectivity index (χ0v) is 17.4. The summed E-state index contributed by atoms with van der Waals surface area (Å²) in [6.45, 7) is 2.93. The molecule has 3 rings (SSSR count). The van der Waals surface area contributed by atoms with Gasteiger partial charge < -0.3 is 10.6 Å². The van der Waals surface area contributed by atoms with E-state index in [2.05, 4.69) is 27.7 Å². The lowest BCUT2D eigenvalue weighted by molar-refractivity contribution is 0.221. The molecule has 0 spiro atoms. The van der Waals surface area contributed by atoms with Gasteiger partial charge in [0.2, 0.25) is 0 Å². The van der Waals surface area contributed by atoms with Gasteiger partial charge in [-0.05, 0) is 50.0 Å². The molecule has 6 nitrogen and oxygen atoms in total. The molecule has 2 amide bonds. The number of hydrogen-bond donors (Lipinski definition) is 2. The quantitative estimate of drug-likeness (QED) is 0.617. The number of urea groups is 1. The molecule has 1 aliphatic rings.